The second-order valence-corrected chi connectivity index (χ2v) is 1.65. The van der Waals surface area contributed by atoms with Gasteiger partial charge < -0.3 is 0 Å². The van der Waals surface area contributed by atoms with E-state index in [1.54, 1.807) is 0 Å². The summed E-state index contributed by atoms with van der Waals surface area (Å²) < 4.78 is 7.12. The summed E-state index contributed by atoms with van der Waals surface area (Å²) in [7, 11) is -1.66. The van der Waals surface area contributed by atoms with Crippen LogP contribution in [0.3, 0.4) is 0 Å². The topological polar surface area (TPSA) is 149 Å². The molecule has 0 fully saturated rings. The summed E-state index contributed by atoms with van der Waals surface area (Å²) in [6.45, 7) is 1.07. The van der Waals surface area contributed by atoms with Crippen molar-refractivity contribution in [1.82, 2.24) is 0 Å². The Morgan fingerprint density at radius 2 is 2.17 bits per heavy atom. The molecule has 0 radical (unpaired) electrons. The molecule has 0 aliphatic carbocycles. The monoisotopic (exact) mass is 187 g/mol. The number of nitrogens with two attached hydrogens (primary N) is 1. The number of rotatable bonds is 5. The van der Waals surface area contributed by atoms with E-state index in [-0.39, 0.29) is 0 Å². The Morgan fingerprint density at radius 3 is 2.83 bits per heavy atom. The zero-order valence-corrected chi connectivity index (χ0v) is 6.57. The van der Waals surface area contributed by atoms with E-state index in [1.807, 2.05) is 0 Å². The van der Waals surface area contributed by atoms with Gasteiger partial charge in [0.15, 0.2) is 0 Å². The molecular formula is H4BN10P. The molecule has 0 aromatic heterocycles. The molecule has 0 saturated carbocycles. The first kappa shape index (κ1) is 8.59. The summed E-state index contributed by atoms with van der Waals surface area (Å²) in [4.78, 5) is 3.30. The first-order valence-electron chi connectivity index (χ1n) is 2.85. The molecule has 0 aromatic rings. The molecule has 62 valence electrons. The summed E-state index contributed by atoms with van der Waals surface area (Å²) in [5, 5.41) is 20.4. The average Bonchev–Trinajstić information content (AvgIpc) is 2.13. The molecular weight excluding hydrogens is 182 g/mol. The third-order valence-corrected chi connectivity index (χ3v) is 0.813. The quantitative estimate of drug-likeness (QED) is 0.216. The Kier molecular flexibility index (Phi) is 6.80. The van der Waals surface area contributed by atoms with Crippen LogP contribution in [0.4, 0.5) is 0 Å². The van der Waals surface area contributed by atoms with Gasteiger partial charge in [0.05, 0.1) is 0 Å². The van der Waals surface area contributed by atoms with Crippen molar-refractivity contribution in [2.75, 3.05) is 0 Å². The van der Waals surface area contributed by atoms with E-state index >= 15 is 0 Å². The van der Waals surface area contributed by atoms with Crippen LogP contribution < -0.4 is 5.84 Å². The normalized spacial score (nSPS) is 15.8. The molecule has 0 aromatic carbocycles. The molecule has 0 saturated heterocycles. The number of hydrogen-bond donors (Lipinski definition) is 2. The fraction of sp³-hybridized carbons (Fsp3) is 0. The van der Waals surface area contributed by atoms with E-state index in [0.29, 0.717) is 0 Å². The zero-order chi connectivity index (χ0) is 9.94. The van der Waals surface area contributed by atoms with Crippen LogP contribution in [0.5, 0.6) is 0 Å². The van der Waals surface area contributed by atoms with Crippen molar-refractivity contribution >= 4 is 15.3 Å². The molecule has 0 aliphatic rings. The standard InChI is InChI=1S/BH4N10P/c2-5-8-7-4-1-12-11-10-9-6-3/h2,12H,(H2,3,9,11)/b5-2?,8-7+/i12D. The molecule has 12 heteroatoms. The Bertz CT molecular complexity index is 241. The maximum absolute atomic E-state index is 7.12. The van der Waals surface area contributed by atoms with Crippen LogP contribution in [0, 0.1) is 5.53 Å². The van der Waals surface area contributed by atoms with E-state index in [4.69, 9.17) is 6.81 Å². The van der Waals surface area contributed by atoms with Crippen LogP contribution in [-0.2, 0) is 0 Å². The molecule has 0 spiro atoms. The van der Waals surface area contributed by atoms with Crippen LogP contribution in [0.25, 0.3) is 0 Å². The second kappa shape index (κ2) is 9.49. The van der Waals surface area contributed by atoms with Gasteiger partial charge in [-0.3, -0.25) is 0 Å². The van der Waals surface area contributed by atoms with Crippen molar-refractivity contribution < 1.29 is 0 Å². The van der Waals surface area contributed by atoms with Gasteiger partial charge in [-0.05, 0) is 0 Å². The summed E-state index contributed by atoms with van der Waals surface area (Å²) in [6.07, 6.45) is 0. The van der Waals surface area contributed by atoms with Crippen molar-refractivity contribution in [3.05, 3.63) is 0 Å². The van der Waals surface area contributed by atoms with Gasteiger partial charge in [-0.15, -0.1) is 0 Å². The molecule has 10 nitrogen and oxygen atoms in total. The molecule has 0 rings (SSSR count). The predicted molar refractivity (Wildman–Crippen MR) is 40.4 cm³/mol. The Hall–Kier alpha value is -1.51. The summed E-state index contributed by atoms with van der Waals surface area (Å²) >= 11 is 0. The molecule has 1 unspecified atom stereocenters. The van der Waals surface area contributed by atoms with Crippen LogP contribution in [0.1, 0.15) is 0 Å². The molecule has 0 amide bonds. The van der Waals surface area contributed by atoms with E-state index in [1.165, 1.54) is 0 Å². The number of nitrogens with one attached hydrogen (secondary N) is 1. The Labute approximate surface area is 70.3 Å². The SMILES string of the molecule is [2H]P(B=N/N=N/N=N)N=N/N=N/N. The van der Waals surface area contributed by atoms with Gasteiger partial charge in [-0.25, -0.2) is 0 Å². The summed E-state index contributed by atoms with van der Waals surface area (Å²) in [5.74, 6) is 4.60. The van der Waals surface area contributed by atoms with Gasteiger partial charge >= 0.3 is 69.2 Å². The van der Waals surface area contributed by atoms with Gasteiger partial charge in [0.1, 0.15) is 0 Å². The predicted octanol–water partition coefficient (Wildman–Crippen LogP) is 1.39. The van der Waals surface area contributed by atoms with E-state index < -0.39 is 8.56 Å². The fourth-order valence-corrected chi connectivity index (χ4v) is 0.397. The van der Waals surface area contributed by atoms with Crippen LogP contribution in [-0.4, -0.2) is 8.07 Å². The average molecular weight is 187 g/mol. The van der Waals surface area contributed by atoms with E-state index in [2.05, 4.69) is 47.1 Å². The molecule has 1 atom stereocenters. The van der Waals surface area contributed by atoms with Crippen molar-refractivity contribution in [2.24, 2.45) is 47.1 Å². The van der Waals surface area contributed by atoms with Crippen LogP contribution in [0.15, 0.2) is 41.2 Å². The first-order chi connectivity index (χ1) is 6.31. The van der Waals surface area contributed by atoms with Crippen molar-refractivity contribution in [1.29, 1.82) is 6.81 Å². The fourth-order valence-electron chi connectivity index (χ4n) is 0.176. The van der Waals surface area contributed by atoms with Crippen molar-refractivity contribution in [2.45, 2.75) is 0 Å². The molecule has 12 heavy (non-hydrogen) atoms. The van der Waals surface area contributed by atoms with E-state index in [0.717, 1.165) is 6.79 Å². The van der Waals surface area contributed by atoms with Crippen molar-refractivity contribution in [3.8, 4) is 0 Å². The van der Waals surface area contributed by atoms with Gasteiger partial charge in [0.2, 0.25) is 0 Å². The van der Waals surface area contributed by atoms with E-state index in [9.17, 15) is 0 Å². The summed E-state index contributed by atoms with van der Waals surface area (Å²) in [6, 6.07) is 0. The van der Waals surface area contributed by atoms with Gasteiger partial charge in [0.25, 0.3) is 0 Å². The molecule has 0 aliphatic heterocycles. The molecule has 3 N–H and O–H groups in total. The third-order valence-electron chi connectivity index (χ3n) is 0.423. The zero-order valence-electron chi connectivity index (χ0n) is 6.68. The number of nitrogens with zero attached hydrogens (tertiary/aromatic N) is 8. The molecule has 0 bridgehead atoms. The Morgan fingerprint density at radius 1 is 1.33 bits per heavy atom. The van der Waals surface area contributed by atoms with Gasteiger partial charge in [0, 0.05) is 0 Å². The minimum atomic E-state index is -1.66. The minimum absolute atomic E-state index is 1.07. The van der Waals surface area contributed by atoms with Crippen LogP contribution in [0.2, 0.25) is 0 Å². The van der Waals surface area contributed by atoms with Gasteiger partial charge in [-0.2, -0.15) is 0 Å². The number of hydrogen-bond acceptors (Lipinski definition) is 4. The van der Waals surface area contributed by atoms with Crippen molar-refractivity contribution in [3.63, 3.8) is 0 Å². The third kappa shape index (κ3) is 8.49. The van der Waals surface area contributed by atoms with Crippen LogP contribution >= 0.6 is 8.56 Å². The Balaban J connectivity index is 3.85. The second-order valence-electron chi connectivity index (χ2n) is 1.01. The maximum atomic E-state index is 7.12. The summed E-state index contributed by atoms with van der Waals surface area (Å²) in [5.41, 5.74) is 6.19. The first-order valence-corrected chi connectivity index (χ1v) is 3.31. The molecule has 0 heterocycles. The van der Waals surface area contributed by atoms with Gasteiger partial charge in [-0.1, -0.05) is 0 Å².